The smallest absolute Gasteiger partial charge is 0.424 e. The monoisotopic (exact) mass is 517 g/mol. The molecule has 11 heteroatoms. The van der Waals surface area contributed by atoms with Crippen LogP contribution >= 0.6 is 11.3 Å². The highest BCUT2D eigenvalue weighted by molar-refractivity contribution is 7.18. The fourth-order valence-electron chi connectivity index (χ4n) is 3.47. The second-order valence-corrected chi connectivity index (χ2v) is 8.83. The van der Waals surface area contributed by atoms with E-state index in [2.05, 4.69) is 15.0 Å². The van der Waals surface area contributed by atoms with E-state index in [0.717, 1.165) is 35.4 Å². The summed E-state index contributed by atoms with van der Waals surface area (Å²) in [5.41, 5.74) is 1.12. The van der Waals surface area contributed by atoms with Gasteiger partial charge in [0.05, 0.1) is 22.6 Å². The highest BCUT2D eigenvalue weighted by Gasteiger charge is 2.39. The topological polar surface area (TPSA) is 47.9 Å². The minimum absolute atomic E-state index is 0.0111. The first-order chi connectivity index (χ1) is 17.1. The van der Waals surface area contributed by atoms with Crippen LogP contribution in [0, 0.1) is 30.2 Å². The molecule has 0 aliphatic heterocycles. The lowest BCUT2D eigenvalue weighted by Gasteiger charge is -2.15. The van der Waals surface area contributed by atoms with E-state index in [9.17, 15) is 26.3 Å². The molecule has 2 heterocycles. The van der Waals surface area contributed by atoms with E-state index >= 15 is 0 Å². The van der Waals surface area contributed by atoms with Crippen LogP contribution < -0.4 is 4.74 Å². The van der Waals surface area contributed by atoms with Crippen molar-refractivity contribution >= 4 is 21.6 Å². The molecule has 0 atom stereocenters. The van der Waals surface area contributed by atoms with Crippen LogP contribution in [0.5, 0.6) is 5.75 Å². The van der Waals surface area contributed by atoms with Crippen molar-refractivity contribution < 1.29 is 31.1 Å². The summed E-state index contributed by atoms with van der Waals surface area (Å²) in [4.78, 5) is 11.8. The largest absolute Gasteiger partial charge is 0.454 e. The lowest BCUT2D eigenvalue weighted by atomic mass is 10.0. The van der Waals surface area contributed by atoms with Gasteiger partial charge >= 0.3 is 6.11 Å². The van der Waals surface area contributed by atoms with Crippen molar-refractivity contribution in [2.45, 2.75) is 13.0 Å². The molecule has 0 saturated carbocycles. The second-order valence-electron chi connectivity index (χ2n) is 7.80. The third-order valence-corrected chi connectivity index (χ3v) is 6.26. The van der Waals surface area contributed by atoms with Gasteiger partial charge in [-0.3, -0.25) is 0 Å². The number of hydrogen-bond acceptors (Lipinski definition) is 5. The van der Waals surface area contributed by atoms with Crippen molar-refractivity contribution in [3.63, 3.8) is 0 Å². The van der Waals surface area contributed by atoms with Gasteiger partial charge in [0, 0.05) is 11.1 Å². The van der Waals surface area contributed by atoms with Crippen LogP contribution in [0.2, 0.25) is 0 Å². The summed E-state index contributed by atoms with van der Waals surface area (Å²) in [7, 11) is 0. The standard InChI is InChI=1S/C25H13F6N3OS/c1-12-2-5-20-21(6-12)36-24(34-20)25(30,31)35-15-10-32-23(33-11-15)13-3-4-16(17(26)7-13)14-8-18(27)22(29)19(28)9-14/h2-11H,1H3. The van der Waals surface area contributed by atoms with Gasteiger partial charge in [-0.2, -0.15) is 8.78 Å². The molecule has 0 radical (unpaired) electrons. The first kappa shape index (κ1) is 23.7. The van der Waals surface area contributed by atoms with Gasteiger partial charge < -0.3 is 4.74 Å². The Morgan fingerprint density at radius 2 is 1.47 bits per heavy atom. The highest BCUT2D eigenvalue weighted by atomic mass is 32.1. The number of fused-ring (bicyclic) bond motifs is 1. The summed E-state index contributed by atoms with van der Waals surface area (Å²) in [5.74, 6) is -5.79. The number of halogens is 6. The lowest BCUT2D eigenvalue weighted by Crippen LogP contribution is -2.21. The summed E-state index contributed by atoms with van der Waals surface area (Å²) < 4.78 is 89.6. The molecule has 0 aliphatic carbocycles. The Bertz CT molecular complexity index is 1580. The molecule has 2 aromatic heterocycles. The average Bonchev–Trinajstić information content (AvgIpc) is 3.27. The van der Waals surface area contributed by atoms with Crippen molar-refractivity contribution in [3.8, 4) is 28.3 Å². The number of ether oxygens (including phenoxy) is 1. The Morgan fingerprint density at radius 3 is 2.14 bits per heavy atom. The predicted octanol–water partition coefficient (Wildman–Crippen LogP) is 7.41. The van der Waals surface area contributed by atoms with Gasteiger partial charge in [-0.05, 0) is 48.4 Å². The third kappa shape index (κ3) is 4.49. The molecule has 0 fully saturated rings. The molecule has 182 valence electrons. The summed E-state index contributed by atoms with van der Waals surface area (Å²) in [6, 6.07) is 10.1. The molecule has 0 bridgehead atoms. The van der Waals surface area contributed by atoms with Gasteiger partial charge in [-0.15, -0.1) is 11.3 Å². The van der Waals surface area contributed by atoms with Gasteiger partial charge in [-0.25, -0.2) is 32.5 Å². The van der Waals surface area contributed by atoms with Crippen LogP contribution in [0.3, 0.4) is 0 Å². The van der Waals surface area contributed by atoms with E-state index in [1.165, 1.54) is 12.1 Å². The molecule has 0 aliphatic rings. The van der Waals surface area contributed by atoms with Crippen LogP contribution in [0.1, 0.15) is 10.6 Å². The summed E-state index contributed by atoms with van der Waals surface area (Å²) >= 11 is 0.805. The molecule has 4 nitrogen and oxygen atoms in total. The number of alkyl halides is 2. The van der Waals surface area contributed by atoms with E-state index in [1.807, 2.05) is 6.92 Å². The van der Waals surface area contributed by atoms with Crippen molar-refractivity contribution in [2.24, 2.45) is 0 Å². The minimum Gasteiger partial charge on any atom is -0.424 e. The Kier molecular flexibility index (Phi) is 5.87. The maximum absolute atomic E-state index is 14.7. The average molecular weight is 517 g/mol. The van der Waals surface area contributed by atoms with Gasteiger partial charge in [0.15, 0.2) is 29.0 Å². The Morgan fingerprint density at radius 1 is 0.806 bits per heavy atom. The molecule has 0 amide bonds. The zero-order valence-electron chi connectivity index (χ0n) is 18.2. The molecule has 5 aromatic rings. The number of benzene rings is 3. The molecule has 3 aromatic carbocycles. The molecule has 5 rings (SSSR count). The van der Waals surface area contributed by atoms with E-state index in [4.69, 9.17) is 4.74 Å². The number of nitrogens with zero attached hydrogens (tertiary/aromatic N) is 3. The maximum atomic E-state index is 14.7. The van der Waals surface area contributed by atoms with Gasteiger partial charge in [0.25, 0.3) is 0 Å². The molecular formula is C25H13F6N3OS. The molecule has 0 unspecified atom stereocenters. The van der Waals surface area contributed by atoms with E-state index in [0.29, 0.717) is 22.3 Å². The normalized spacial score (nSPS) is 11.8. The zero-order valence-corrected chi connectivity index (χ0v) is 19.0. The van der Waals surface area contributed by atoms with Crippen LogP contribution in [-0.2, 0) is 6.11 Å². The first-order valence-electron chi connectivity index (χ1n) is 10.3. The molecule has 0 N–H and O–H groups in total. The fourth-order valence-corrected chi connectivity index (χ4v) is 4.44. The minimum atomic E-state index is -3.74. The summed E-state index contributed by atoms with van der Waals surface area (Å²) in [5, 5.41) is -0.529. The summed E-state index contributed by atoms with van der Waals surface area (Å²) in [6.07, 6.45) is -1.73. The van der Waals surface area contributed by atoms with Crippen LogP contribution in [0.4, 0.5) is 26.3 Å². The molecular weight excluding hydrogens is 504 g/mol. The number of aromatic nitrogens is 3. The Balaban J connectivity index is 1.37. The quantitative estimate of drug-likeness (QED) is 0.180. The number of rotatable bonds is 5. The van der Waals surface area contributed by atoms with E-state index in [-0.39, 0.29) is 28.3 Å². The molecule has 0 spiro atoms. The van der Waals surface area contributed by atoms with Crippen molar-refractivity contribution in [3.05, 3.63) is 94.8 Å². The predicted molar refractivity (Wildman–Crippen MR) is 122 cm³/mol. The van der Waals surface area contributed by atoms with Gasteiger partial charge in [-0.1, -0.05) is 18.2 Å². The first-order valence-corrected chi connectivity index (χ1v) is 11.1. The van der Waals surface area contributed by atoms with Gasteiger partial charge in [0.2, 0.25) is 5.01 Å². The SMILES string of the molecule is Cc1ccc2nc(C(F)(F)Oc3cnc(-c4ccc(-c5cc(F)c(F)c(F)c5)c(F)c4)nc3)sc2c1. The highest BCUT2D eigenvalue weighted by Crippen LogP contribution is 2.37. The number of hydrogen-bond donors (Lipinski definition) is 0. The lowest BCUT2D eigenvalue weighted by molar-refractivity contribution is -0.185. The van der Waals surface area contributed by atoms with Crippen LogP contribution in [0.25, 0.3) is 32.7 Å². The van der Waals surface area contributed by atoms with Crippen LogP contribution in [-0.4, -0.2) is 15.0 Å². The second kappa shape index (κ2) is 8.90. The molecule has 36 heavy (non-hydrogen) atoms. The van der Waals surface area contributed by atoms with Crippen LogP contribution in [0.15, 0.2) is 60.9 Å². The van der Waals surface area contributed by atoms with Crippen molar-refractivity contribution in [1.82, 2.24) is 15.0 Å². The Hall–Kier alpha value is -3.99. The van der Waals surface area contributed by atoms with Crippen molar-refractivity contribution in [1.29, 1.82) is 0 Å². The molecule has 0 saturated heterocycles. The van der Waals surface area contributed by atoms with Gasteiger partial charge in [0.1, 0.15) is 5.82 Å². The van der Waals surface area contributed by atoms with E-state index < -0.39 is 34.4 Å². The zero-order chi connectivity index (χ0) is 25.6. The number of thiazole rings is 1. The number of aryl methyl sites for hydroxylation is 1. The maximum Gasteiger partial charge on any atom is 0.454 e. The Labute approximate surface area is 203 Å². The summed E-state index contributed by atoms with van der Waals surface area (Å²) in [6.45, 7) is 1.84. The fraction of sp³-hybridized carbons (Fsp3) is 0.0800. The van der Waals surface area contributed by atoms with E-state index in [1.54, 1.807) is 18.2 Å². The van der Waals surface area contributed by atoms with Crippen molar-refractivity contribution in [2.75, 3.05) is 0 Å². The third-order valence-electron chi connectivity index (χ3n) is 5.19.